The van der Waals surface area contributed by atoms with Crippen LogP contribution in [0.25, 0.3) is 0 Å². The SMILES string of the molecule is CC(C)NCC(O)COc1cc(F)c(Br)cc1Cl. The number of aliphatic hydroxyl groups excluding tert-OH is 1. The first-order chi connectivity index (χ1) is 8.40. The lowest BCUT2D eigenvalue weighted by Crippen LogP contribution is -2.35. The summed E-state index contributed by atoms with van der Waals surface area (Å²) in [5.41, 5.74) is 0. The van der Waals surface area contributed by atoms with Crippen molar-refractivity contribution in [3.05, 3.63) is 27.4 Å². The topological polar surface area (TPSA) is 41.5 Å². The molecule has 0 fully saturated rings. The van der Waals surface area contributed by atoms with Gasteiger partial charge in [0.25, 0.3) is 0 Å². The lowest BCUT2D eigenvalue weighted by atomic mass is 10.3. The maximum atomic E-state index is 13.3. The zero-order valence-corrected chi connectivity index (χ0v) is 12.6. The molecule has 0 amide bonds. The first-order valence-corrected chi connectivity index (χ1v) is 6.76. The first-order valence-electron chi connectivity index (χ1n) is 5.59. The highest BCUT2D eigenvalue weighted by Gasteiger charge is 2.11. The van der Waals surface area contributed by atoms with Crippen molar-refractivity contribution in [1.29, 1.82) is 0 Å². The largest absolute Gasteiger partial charge is 0.489 e. The van der Waals surface area contributed by atoms with E-state index in [1.165, 1.54) is 12.1 Å². The molecule has 1 aromatic carbocycles. The van der Waals surface area contributed by atoms with Crippen LogP contribution in [0.2, 0.25) is 5.02 Å². The van der Waals surface area contributed by atoms with Crippen LogP contribution in [0.5, 0.6) is 5.75 Å². The fourth-order valence-corrected chi connectivity index (χ4v) is 1.92. The molecule has 0 spiro atoms. The summed E-state index contributed by atoms with van der Waals surface area (Å²) in [5.74, 6) is -0.231. The molecule has 0 aromatic heterocycles. The van der Waals surface area contributed by atoms with Gasteiger partial charge in [0, 0.05) is 18.7 Å². The van der Waals surface area contributed by atoms with Crippen molar-refractivity contribution in [2.24, 2.45) is 0 Å². The van der Waals surface area contributed by atoms with Gasteiger partial charge in [0.05, 0.1) is 9.50 Å². The molecule has 0 bridgehead atoms. The number of benzene rings is 1. The Morgan fingerprint density at radius 2 is 2.17 bits per heavy atom. The van der Waals surface area contributed by atoms with Gasteiger partial charge < -0.3 is 15.2 Å². The van der Waals surface area contributed by atoms with Gasteiger partial charge in [0.2, 0.25) is 0 Å². The Labute approximate surface area is 119 Å². The van der Waals surface area contributed by atoms with Crippen LogP contribution in [-0.2, 0) is 0 Å². The molecule has 102 valence electrons. The van der Waals surface area contributed by atoms with Crippen LogP contribution < -0.4 is 10.1 Å². The molecule has 0 saturated carbocycles. The maximum Gasteiger partial charge on any atom is 0.141 e. The van der Waals surface area contributed by atoms with Crippen LogP contribution in [0.15, 0.2) is 16.6 Å². The van der Waals surface area contributed by atoms with Gasteiger partial charge in [-0.25, -0.2) is 4.39 Å². The molecular formula is C12H16BrClFNO2. The number of hydrogen-bond acceptors (Lipinski definition) is 3. The average molecular weight is 341 g/mol. The van der Waals surface area contributed by atoms with Gasteiger partial charge in [-0.05, 0) is 22.0 Å². The summed E-state index contributed by atoms with van der Waals surface area (Å²) in [6.45, 7) is 4.43. The Morgan fingerprint density at radius 1 is 1.50 bits per heavy atom. The molecule has 1 atom stereocenters. The highest BCUT2D eigenvalue weighted by atomic mass is 79.9. The molecule has 0 aliphatic rings. The van der Waals surface area contributed by atoms with Crippen molar-refractivity contribution >= 4 is 27.5 Å². The van der Waals surface area contributed by atoms with Crippen molar-refractivity contribution in [3.63, 3.8) is 0 Å². The normalized spacial score (nSPS) is 12.8. The minimum absolute atomic E-state index is 0.0561. The van der Waals surface area contributed by atoms with E-state index >= 15 is 0 Å². The van der Waals surface area contributed by atoms with Crippen molar-refractivity contribution in [1.82, 2.24) is 5.32 Å². The number of aliphatic hydroxyl groups is 1. The Hall–Kier alpha value is -0.360. The van der Waals surface area contributed by atoms with E-state index in [9.17, 15) is 9.50 Å². The number of hydrogen-bond donors (Lipinski definition) is 2. The summed E-state index contributed by atoms with van der Waals surface area (Å²) in [5, 5.41) is 13.0. The third kappa shape index (κ3) is 5.10. The van der Waals surface area contributed by atoms with Crippen LogP contribution in [0, 0.1) is 5.82 Å². The van der Waals surface area contributed by atoms with Crippen molar-refractivity contribution < 1.29 is 14.2 Å². The predicted molar refractivity (Wildman–Crippen MR) is 73.8 cm³/mol. The second-order valence-electron chi connectivity index (χ2n) is 4.22. The third-order valence-electron chi connectivity index (χ3n) is 2.17. The first kappa shape index (κ1) is 15.7. The summed E-state index contributed by atoms with van der Waals surface area (Å²) in [6.07, 6.45) is -0.671. The second kappa shape index (κ2) is 7.28. The van der Waals surface area contributed by atoms with Crippen molar-refractivity contribution in [3.8, 4) is 5.75 Å². The summed E-state index contributed by atoms with van der Waals surface area (Å²) < 4.78 is 18.8. The minimum Gasteiger partial charge on any atom is -0.489 e. The standard InChI is InChI=1S/C12H16BrClFNO2/c1-7(2)16-5-8(17)6-18-12-4-11(15)9(13)3-10(12)14/h3-4,7-8,16-17H,5-6H2,1-2H3. The second-order valence-corrected chi connectivity index (χ2v) is 5.49. The van der Waals surface area contributed by atoms with Gasteiger partial charge in [-0.1, -0.05) is 25.4 Å². The molecule has 0 heterocycles. The highest BCUT2D eigenvalue weighted by Crippen LogP contribution is 2.30. The van der Waals surface area contributed by atoms with Gasteiger partial charge >= 0.3 is 0 Å². The molecular weight excluding hydrogens is 324 g/mol. The zero-order chi connectivity index (χ0) is 13.7. The van der Waals surface area contributed by atoms with E-state index in [-0.39, 0.29) is 22.9 Å². The number of halogens is 3. The van der Waals surface area contributed by atoms with Gasteiger partial charge in [0.15, 0.2) is 0 Å². The number of nitrogens with one attached hydrogen (secondary N) is 1. The molecule has 6 heteroatoms. The summed E-state index contributed by atoms with van der Waals surface area (Å²) in [4.78, 5) is 0. The Morgan fingerprint density at radius 3 is 2.78 bits per heavy atom. The molecule has 18 heavy (non-hydrogen) atoms. The van der Waals surface area contributed by atoms with Crippen LogP contribution >= 0.6 is 27.5 Å². The summed E-state index contributed by atoms with van der Waals surface area (Å²) >= 11 is 8.92. The Balaban J connectivity index is 2.50. The van der Waals surface area contributed by atoms with E-state index < -0.39 is 11.9 Å². The highest BCUT2D eigenvalue weighted by molar-refractivity contribution is 9.10. The number of ether oxygens (including phenoxy) is 1. The summed E-state index contributed by atoms with van der Waals surface area (Å²) in [7, 11) is 0. The van der Waals surface area contributed by atoms with E-state index in [2.05, 4.69) is 21.2 Å². The molecule has 0 saturated heterocycles. The van der Waals surface area contributed by atoms with Crippen molar-refractivity contribution in [2.75, 3.05) is 13.2 Å². The molecule has 1 aromatic rings. The fraction of sp³-hybridized carbons (Fsp3) is 0.500. The molecule has 0 radical (unpaired) electrons. The minimum atomic E-state index is -0.671. The molecule has 1 rings (SSSR count). The lowest BCUT2D eigenvalue weighted by Gasteiger charge is -2.15. The van der Waals surface area contributed by atoms with E-state index in [1.54, 1.807) is 0 Å². The van der Waals surface area contributed by atoms with Crippen LogP contribution in [-0.4, -0.2) is 30.4 Å². The maximum absolute atomic E-state index is 13.3. The smallest absolute Gasteiger partial charge is 0.141 e. The van der Waals surface area contributed by atoms with E-state index in [0.29, 0.717) is 11.6 Å². The van der Waals surface area contributed by atoms with Gasteiger partial charge in [0.1, 0.15) is 24.3 Å². The van der Waals surface area contributed by atoms with Gasteiger partial charge in [-0.3, -0.25) is 0 Å². The van der Waals surface area contributed by atoms with Gasteiger partial charge in [-0.15, -0.1) is 0 Å². The Bertz CT molecular complexity index is 404. The average Bonchev–Trinajstić information content (AvgIpc) is 2.29. The predicted octanol–water partition coefficient (Wildman–Crippen LogP) is 2.98. The molecule has 2 N–H and O–H groups in total. The molecule has 1 unspecified atom stereocenters. The summed E-state index contributed by atoms with van der Waals surface area (Å²) in [6, 6.07) is 2.90. The van der Waals surface area contributed by atoms with E-state index in [4.69, 9.17) is 16.3 Å². The van der Waals surface area contributed by atoms with Gasteiger partial charge in [-0.2, -0.15) is 0 Å². The van der Waals surface area contributed by atoms with E-state index in [1.807, 2.05) is 13.8 Å². The monoisotopic (exact) mass is 339 g/mol. The molecule has 3 nitrogen and oxygen atoms in total. The zero-order valence-electron chi connectivity index (χ0n) is 10.2. The quantitative estimate of drug-likeness (QED) is 0.782. The Kier molecular flexibility index (Phi) is 6.35. The molecule has 0 aliphatic carbocycles. The number of rotatable bonds is 6. The van der Waals surface area contributed by atoms with Crippen LogP contribution in [0.4, 0.5) is 4.39 Å². The van der Waals surface area contributed by atoms with Crippen LogP contribution in [0.1, 0.15) is 13.8 Å². The van der Waals surface area contributed by atoms with Crippen LogP contribution in [0.3, 0.4) is 0 Å². The van der Waals surface area contributed by atoms with E-state index in [0.717, 1.165) is 0 Å². The molecule has 0 aliphatic heterocycles. The lowest BCUT2D eigenvalue weighted by molar-refractivity contribution is 0.104. The van der Waals surface area contributed by atoms with Crippen molar-refractivity contribution in [2.45, 2.75) is 26.0 Å². The fourth-order valence-electron chi connectivity index (χ4n) is 1.23. The third-order valence-corrected chi connectivity index (χ3v) is 3.07.